The van der Waals surface area contributed by atoms with E-state index in [1.165, 1.54) is 0 Å². The number of hydrogen-bond donors (Lipinski definition) is 2. The lowest BCUT2D eigenvalue weighted by atomic mass is 10.0. The van der Waals surface area contributed by atoms with E-state index in [-0.39, 0.29) is 41.5 Å². The molecule has 0 aromatic heterocycles. The zero-order chi connectivity index (χ0) is 21.4. The molecule has 9 heteroatoms. The van der Waals surface area contributed by atoms with Gasteiger partial charge >= 0.3 is 6.09 Å². The minimum absolute atomic E-state index is 0. The molecule has 0 aliphatic carbocycles. The maximum atomic E-state index is 12.1. The molecular weight excluding hydrogens is 485 g/mol. The third-order valence-corrected chi connectivity index (χ3v) is 4.69. The first-order chi connectivity index (χ1) is 12.9. The Kier molecular flexibility index (Phi) is 12.4. The summed E-state index contributed by atoms with van der Waals surface area (Å²) in [5, 5.41) is 6.77. The van der Waals surface area contributed by atoms with Gasteiger partial charge in [0.25, 0.3) is 0 Å². The van der Waals surface area contributed by atoms with Crippen LogP contribution in [-0.4, -0.2) is 93.0 Å². The Morgan fingerprint density at radius 3 is 2.31 bits per heavy atom. The van der Waals surface area contributed by atoms with Crippen LogP contribution in [0.1, 0.15) is 41.5 Å². The van der Waals surface area contributed by atoms with Crippen molar-refractivity contribution in [3.8, 4) is 0 Å². The number of rotatable bonds is 7. The average Bonchev–Trinajstić information content (AvgIpc) is 2.61. The summed E-state index contributed by atoms with van der Waals surface area (Å²) in [7, 11) is 3.54. The lowest BCUT2D eigenvalue weighted by molar-refractivity contribution is -0.00834. The molecule has 1 saturated heterocycles. The molecular formula is C20H42IN5O3. The van der Waals surface area contributed by atoms with Crippen LogP contribution in [0.5, 0.6) is 0 Å². The van der Waals surface area contributed by atoms with Gasteiger partial charge < -0.3 is 25.0 Å². The van der Waals surface area contributed by atoms with Crippen molar-refractivity contribution >= 4 is 36.0 Å². The molecule has 1 atom stereocenters. The van der Waals surface area contributed by atoms with E-state index in [0.29, 0.717) is 13.1 Å². The van der Waals surface area contributed by atoms with Crippen LogP contribution in [0, 0.1) is 5.92 Å². The maximum Gasteiger partial charge on any atom is 0.410 e. The maximum absolute atomic E-state index is 12.1. The highest BCUT2D eigenvalue weighted by molar-refractivity contribution is 14.0. The van der Waals surface area contributed by atoms with Gasteiger partial charge in [0.2, 0.25) is 0 Å². The summed E-state index contributed by atoms with van der Waals surface area (Å²) < 4.78 is 10.8. The Balaban J connectivity index is 0.00000784. The summed E-state index contributed by atoms with van der Waals surface area (Å²) in [5.41, 5.74) is -0.462. The molecule has 1 aliphatic heterocycles. The van der Waals surface area contributed by atoms with E-state index in [4.69, 9.17) is 9.47 Å². The highest BCUT2D eigenvalue weighted by Crippen LogP contribution is 2.15. The molecule has 1 amide bonds. The number of carbonyl (C=O) groups is 1. The van der Waals surface area contributed by atoms with Gasteiger partial charge in [0, 0.05) is 52.4 Å². The van der Waals surface area contributed by atoms with Crippen LogP contribution < -0.4 is 10.6 Å². The third kappa shape index (κ3) is 11.2. The number of amides is 1. The molecule has 0 aromatic rings. The number of morpholine rings is 1. The topological polar surface area (TPSA) is 78.4 Å². The zero-order valence-corrected chi connectivity index (χ0v) is 21.8. The van der Waals surface area contributed by atoms with Crippen molar-refractivity contribution in [2.45, 2.75) is 52.7 Å². The fourth-order valence-corrected chi connectivity index (χ4v) is 3.02. The monoisotopic (exact) mass is 527 g/mol. The third-order valence-electron chi connectivity index (χ3n) is 4.69. The van der Waals surface area contributed by atoms with Gasteiger partial charge in [-0.2, -0.15) is 0 Å². The molecule has 0 saturated carbocycles. The first kappa shape index (κ1) is 28.2. The molecule has 1 aliphatic rings. The molecule has 2 N–H and O–H groups in total. The van der Waals surface area contributed by atoms with Crippen LogP contribution in [0.4, 0.5) is 4.79 Å². The van der Waals surface area contributed by atoms with Gasteiger partial charge in [0.15, 0.2) is 5.96 Å². The predicted octanol–water partition coefficient (Wildman–Crippen LogP) is 2.38. The van der Waals surface area contributed by atoms with E-state index < -0.39 is 5.60 Å². The standard InChI is InChI=1S/C20H41N5O3.HI/c1-16(14-24(8)18(26)28-19(2,3)4)13-22-17(21-7)23-15-20(5,6)25-9-11-27-12-10-25;/h16H,9-15H2,1-8H3,(H2,21,22,23);1H. The molecule has 0 aromatic carbocycles. The van der Waals surface area contributed by atoms with Crippen LogP contribution >= 0.6 is 24.0 Å². The molecule has 1 fully saturated rings. The quantitative estimate of drug-likeness (QED) is 0.301. The molecule has 8 nitrogen and oxygen atoms in total. The van der Waals surface area contributed by atoms with Crippen LogP contribution in [-0.2, 0) is 9.47 Å². The molecule has 172 valence electrons. The van der Waals surface area contributed by atoms with Crippen molar-refractivity contribution < 1.29 is 14.3 Å². The minimum Gasteiger partial charge on any atom is -0.444 e. The molecule has 0 spiro atoms. The van der Waals surface area contributed by atoms with Gasteiger partial charge in [-0.15, -0.1) is 24.0 Å². The minimum atomic E-state index is -0.480. The Bertz CT molecular complexity index is 517. The van der Waals surface area contributed by atoms with Gasteiger partial charge in [-0.3, -0.25) is 9.89 Å². The fraction of sp³-hybridized carbons (Fsp3) is 0.900. The van der Waals surface area contributed by atoms with E-state index >= 15 is 0 Å². The van der Waals surface area contributed by atoms with Crippen LogP contribution in [0.3, 0.4) is 0 Å². The summed E-state index contributed by atoms with van der Waals surface area (Å²) in [6.07, 6.45) is -0.297. The molecule has 29 heavy (non-hydrogen) atoms. The highest BCUT2D eigenvalue weighted by Gasteiger charge is 2.28. The molecule has 0 radical (unpaired) electrons. The van der Waals surface area contributed by atoms with Gasteiger partial charge in [-0.25, -0.2) is 4.79 Å². The van der Waals surface area contributed by atoms with E-state index in [9.17, 15) is 4.79 Å². The largest absolute Gasteiger partial charge is 0.444 e. The number of aliphatic imine (C=N–C) groups is 1. The van der Waals surface area contributed by atoms with Gasteiger partial charge in [0.05, 0.1) is 13.2 Å². The van der Waals surface area contributed by atoms with Crippen molar-refractivity contribution in [2.75, 3.05) is 60.0 Å². The number of halogens is 1. The SMILES string of the molecule is CN=C(NCC(C)CN(C)C(=O)OC(C)(C)C)NCC(C)(C)N1CCOCC1.I. The number of nitrogens with zero attached hydrogens (tertiary/aromatic N) is 3. The number of carbonyl (C=O) groups excluding carboxylic acids is 1. The summed E-state index contributed by atoms with van der Waals surface area (Å²) >= 11 is 0. The zero-order valence-electron chi connectivity index (χ0n) is 19.5. The van der Waals surface area contributed by atoms with Gasteiger partial charge in [-0.1, -0.05) is 6.92 Å². The van der Waals surface area contributed by atoms with E-state index in [2.05, 4.69) is 41.3 Å². The van der Waals surface area contributed by atoms with Crippen molar-refractivity contribution in [3.63, 3.8) is 0 Å². The smallest absolute Gasteiger partial charge is 0.410 e. The van der Waals surface area contributed by atoms with Crippen LogP contribution in [0.15, 0.2) is 4.99 Å². The van der Waals surface area contributed by atoms with Crippen molar-refractivity contribution in [1.82, 2.24) is 20.4 Å². The molecule has 0 bridgehead atoms. The fourth-order valence-electron chi connectivity index (χ4n) is 3.02. The lowest BCUT2D eigenvalue weighted by Crippen LogP contribution is -2.56. The highest BCUT2D eigenvalue weighted by atomic mass is 127. The summed E-state index contributed by atoms with van der Waals surface area (Å²) in [6, 6.07) is 0. The van der Waals surface area contributed by atoms with Crippen LogP contribution in [0.2, 0.25) is 0 Å². The second-order valence-corrected chi connectivity index (χ2v) is 9.18. The second-order valence-electron chi connectivity index (χ2n) is 9.18. The Morgan fingerprint density at radius 2 is 1.79 bits per heavy atom. The van der Waals surface area contributed by atoms with Crippen molar-refractivity contribution in [3.05, 3.63) is 0 Å². The lowest BCUT2D eigenvalue weighted by Gasteiger charge is -2.41. The summed E-state index contributed by atoms with van der Waals surface area (Å²) in [4.78, 5) is 20.5. The first-order valence-electron chi connectivity index (χ1n) is 10.2. The first-order valence-corrected chi connectivity index (χ1v) is 10.2. The van der Waals surface area contributed by atoms with Gasteiger partial charge in [-0.05, 0) is 40.5 Å². The average molecular weight is 527 g/mol. The van der Waals surface area contributed by atoms with E-state index in [0.717, 1.165) is 38.8 Å². The normalized spacial score (nSPS) is 17.2. The van der Waals surface area contributed by atoms with E-state index in [1.54, 1.807) is 19.0 Å². The Labute approximate surface area is 194 Å². The van der Waals surface area contributed by atoms with Gasteiger partial charge in [0.1, 0.15) is 5.60 Å². The molecule has 1 heterocycles. The van der Waals surface area contributed by atoms with Crippen molar-refractivity contribution in [1.29, 1.82) is 0 Å². The number of hydrogen-bond acceptors (Lipinski definition) is 5. The summed E-state index contributed by atoms with van der Waals surface area (Å²) in [5.74, 6) is 1.02. The number of guanidine groups is 1. The molecule has 1 unspecified atom stereocenters. The Hall–Kier alpha value is -0.810. The Morgan fingerprint density at radius 1 is 1.21 bits per heavy atom. The second kappa shape index (κ2) is 12.8. The van der Waals surface area contributed by atoms with Crippen LogP contribution in [0.25, 0.3) is 0 Å². The number of nitrogens with one attached hydrogen (secondary N) is 2. The summed E-state index contributed by atoms with van der Waals surface area (Å²) in [6.45, 7) is 17.8. The molecule has 1 rings (SSSR count). The van der Waals surface area contributed by atoms with E-state index in [1.807, 2.05) is 20.8 Å². The number of ether oxygens (including phenoxy) is 2. The predicted molar refractivity (Wildman–Crippen MR) is 129 cm³/mol. The van der Waals surface area contributed by atoms with Crippen molar-refractivity contribution in [2.24, 2.45) is 10.9 Å².